The molecule has 0 radical (unpaired) electrons. The van der Waals surface area contributed by atoms with Crippen molar-refractivity contribution in [2.24, 2.45) is 29.6 Å². The highest BCUT2D eigenvalue weighted by molar-refractivity contribution is 8.00. The predicted octanol–water partition coefficient (Wildman–Crippen LogP) is 4.73. The first kappa shape index (κ1) is 20.7. The number of fused-ring (bicyclic) bond motifs is 9. The van der Waals surface area contributed by atoms with Crippen molar-refractivity contribution in [1.29, 1.82) is 0 Å². The molecule has 0 unspecified atom stereocenters. The zero-order valence-corrected chi connectivity index (χ0v) is 20.5. The number of hydrogen-bond acceptors (Lipinski definition) is 5. The molecule has 7 heteroatoms. The van der Waals surface area contributed by atoms with Crippen molar-refractivity contribution >= 4 is 40.6 Å². The minimum atomic E-state index is -0.260. The van der Waals surface area contributed by atoms with Crippen LogP contribution in [0.15, 0.2) is 58.4 Å². The van der Waals surface area contributed by atoms with Crippen LogP contribution >= 0.6 is 23.1 Å². The van der Waals surface area contributed by atoms with Crippen molar-refractivity contribution in [1.82, 2.24) is 4.98 Å². The second-order valence-corrected chi connectivity index (χ2v) is 12.4. The Hall–Kier alpha value is -2.64. The Bertz CT molecular complexity index is 1410. The Morgan fingerprint density at radius 3 is 2.35 bits per heavy atom. The second kappa shape index (κ2) is 7.18. The van der Waals surface area contributed by atoms with Gasteiger partial charge in [0.15, 0.2) is 0 Å². The molecule has 34 heavy (non-hydrogen) atoms. The number of hydrogen-bond donors (Lipinski definition) is 1. The fourth-order valence-electron chi connectivity index (χ4n) is 7.25. The number of benzene rings is 2. The highest BCUT2D eigenvalue weighted by atomic mass is 32.2. The van der Waals surface area contributed by atoms with E-state index in [1.54, 1.807) is 11.8 Å². The summed E-state index contributed by atoms with van der Waals surface area (Å²) in [6.45, 7) is 4.13. The molecular weight excluding hydrogens is 464 g/mol. The molecule has 7 atom stereocenters. The Balaban J connectivity index is 1.34. The number of amides is 2. The molecule has 4 aliphatic rings. The number of anilines is 1. The number of nitrogens with zero attached hydrogens (tertiary/aromatic N) is 1. The highest BCUT2D eigenvalue weighted by Crippen LogP contribution is 2.68. The Morgan fingerprint density at radius 2 is 1.62 bits per heavy atom. The van der Waals surface area contributed by atoms with Crippen LogP contribution in [-0.2, 0) is 9.59 Å². The number of nitrogens with one attached hydrogen (secondary N) is 1. The monoisotopic (exact) mass is 488 g/mol. The van der Waals surface area contributed by atoms with Crippen LogP contribution in [0.25, 0.3) is 0 Å². The lowest BCUT2D eigenvalue weighted by molar-refractivity contribution is -0.123. The summed E-state index contributed by atoms with van der Waals surface area (Å²) in [5.41, 5.74) is 4.24. The maximum absolute atomic E-state index is 13.8. The number of H-pyrrole nitrogens is 1. The molecule has 3 aromatic rings. The third-order valence-corrected chi connectivity index (χ3v) is 11.1. The lowest BCUT2D eigenvalue weighted by Crippen LogP contribution is -2.42. The van der Waals surface area contributed by atoms with Gasteiger partial charge in [0.2, 0.25) is 11.8 Å². The average molecular weight is 489 g/mol. The summed E-state index contributed by atoms with van der Waals surface area (Å²) in [4.78, 5) is 45.4. The van der Waals surface area contributed by atoms with Crippen molar-refractivity contribution in [2.75, 3.05) is 4.90 Å². The van der Waals surface area contributed by atoms with Gasteiger partial charge in [0.25, 0.3) is 0 Å². The third-order valence-electron chi connectivity index (χ3n) is 8.54. The van der Waals surface area contributed by atoms with Crippen molar-refractivity contribution in [2.45, 2.75) is 36.5 Å². The minimum Gasteiger partial charge on any atom is -0.307 e. The Labute approximate surface area is 205 Å². The van der Waals surface area contributed by atoms with Crippen LogP contribution in [0.4, 0.5) is 5.69 Å². The second-order valence-electron chi connectivity index (χ2n) is 10.2. The van der Waals surface area contributed by atoms with Gasteiger partial charge in [-0.25, -0.2) is 0 Å². The number of aromatic nitrogens is 1. The molecule has 7 rings (SSSR count). The number of rotatable bonds is 2. The van der Waals surface area contributed by atoms with Crippen LogP contribution in [0.3, 0.4) is 0 Å². The topological polar surface area (TPSA) is 70.2 Å². The molecule has 1 aromatic heterocycles. The molecular formula is C27H24N2O3S2. The van der Waals surface area contributed by atoms with Crippen LogP contribution in [-0.4, -0.2) is 22.0 Å². The average Bonchev–Trinajstić information content (AvgIpc) is 3.54. The van der Waals surface area contributed by atoms with Crippen LogP contribution in [0, 0.1) is 43.4 Å². The van der Waals surface area contributed by atoms with Crippen molar-refractivity contribution < 1.29 is 9.59 Å². The summed E-state index contributed by atoms with van der Waals surface area (Å²) in [5.74, 6) is 0.0363. The summed E-state index contributed by atoms with van der Waals surface area (Å²) < 4.78 is 0. The first-order chi connectivity index (χ1) is 16.4. The first-order valence-electron chi connectivity index (χ1n) is 11.8. The van der Waals surface area contributed by atoms with Gasteiger partial charge in [-0.15, -0.1) is 11.8 Å². The molecule has 2 aliphatic carbocycles. The predicted molar refractivity (Wildman–Crippen MR) is 133 cm³/mol. The summed E-state index contributed by atoms with van der Waals surface area (Å²) in [5, 5.41) is 1.18. The summed E-state index contributed by atoms with van der Waals surface area (Å²) in [7, 11) is 0. The summed E-state index contributed by atoms with van der Waals surface area (Å²) >= 11 is 3.05. The minimum absolute atomic E-state index is 0.0266. The molecule has 1 N–H and O–H groups in total. The van der Waals surface area contributed by atoms with E-state index in [0.29, 0.717) is 5.69 Å². The smallest absolute Gasteiger partial charge is 0.305 e. The van der Waals surface area contributed by atoms with E-state index in [9.17, 15) is 14.4 Å². The first-order valence-corrected chi connectivity index (χ1v) is 13.5. The normalized spacial score (nSPS) is 33.2. The Morgan fingerprint density at radius 1 is 0.912 bits per heavy atom. The zero-order valence-electron chi connectivity index (χ0n) is 18.9. The molecule has 2 aliphatic heterocycles. The van der Waals surface area contributed by atoms with E-state index >= 15 is 0 Å². The van der Waals surface area contributed by atoms with Crippen LogP contribution in [0.5, 0.6) is 0 Å². The maximum atomic E-state index is 13.8. The quantitative estimate of drug-likeness (QED) is 0.530. The van der Waals surface area contributed by atoms with Gasteiger partial charge in [0.05, 0.1) is 22.5 Å². The van der Waals surface area contributed by atoms with E-state index < -0.39 is 0 Å². The molecule has 2 saturated carbocycles. The SMILES string of the molecule is Cc1ccc(N2C(=O)[C@H]3[C@@H]4C[C@@H]([C@@H]3C2=O)[C@@H]2[C@@H](c3ccccc3C)c3sc(=O)[nH]c3S[C@H]42)cc1. The fraction of sp³-hybridized carbons (Fsp3) is 0.370. The van der Waals surface area contributed by atoms with E-state index in [2.05, 4.69) is 30.1 Å². The van der Waals surface area contributed by atoms with E-state index in [0.717, 1.165) is 21.9 Å². The van der Waals surface area contributed by atoms with Gasteiger partial charge in [-0.3, -0.25) is 19.3 Å². The molecule has 2 aromatic carbocycles. The number of carbonyl (C=O) groups is 2. The zero-order chi connectivity index (χ0) is 23.3. The van der Waals surface area contributed by atoms with Crippen molar-refractivity contribution in [3.05, 3.63) is 79.8 Å². The number of thioether (sulfide) groups is 1. The molecule has 1 saturated heterocycles. The number of thiazole rings is 1. The maximum Gasteiger partial charge on any atom is 0.305 e. The lowest BCUT2D eigenvalue weighted by atomic mass is 9.67. The van der Waals surface area contributed by atoms with Gasteiger partial charge in [0.1, 0.15) is 0 Å². The standard InChI is InChI=1S/C27H24N2O3S2/c1-12-7-9-14(10-8-12)29-25(30)20-16-11-17(21(20)26(29)31)22-19(16)18(15-6-4-3-5-13(15)2)23-24(33-22)28-27(32)34-23/h3-10,16-22H,11H2,1-2H3,(H,28,32)/t16-,17+,18-,19-,20+,21+,22-/m1/s1. The highest BCUT2D eigenvalue weighted by Gasteiger charge is 2.69. The molecule has 0 spiro atoms. The molecule has 5 nitrogen and oxygen atoms in total. The van der Waals surface area contributed by atoms with Gasteiger partial charge in [0, 0.05) is 16.0 Å². The van der Waals surface area contributed by atoms with Gasteiger partial charge >= 0.3 is 4.87 Å². The number of aryl methyl sites for hydroxylation is 2. The fourth-order valence-corrected chi connectivity index (χ4v) is 10.1. The molecule has 172 valence electrons. The number of carbonyl (C=O) groups excluding carboxylic acids is 2. The van der Waals surface area contributed by atoms with E-state index in [4.69, 9.17) is 0 Å². The van der Waals surface area contributed by atoms with Gasteiger partial charge in [-0.05, 0) is 61.3 Å². The van der Waals surface area contributed by atoms with Gasteiger partial charge in [-0.1, -0.05) is 53.3 Å². The van der Waals surface area contributed by atoms with E-state index in [1.807, 2.05) is 37.3 Å². The molecule has 3 heterocycles. The van der Waals surface area contributed by atoms with E-state index in [-0.39, 0.29) is 57.4 Å². The van der Waals surface area contributed by atoms with Crippen LogP contribution < -0.4 is 9.77 Å². The van der Waals surface area contributed by atoms with Crippen molar-refractivity contribution in [3.8, 4) is 0 Å². The molecule has 2 amide bonds. The number of aromatic amines is 1. The summed E-state index contributed by atoms with van der Waals surface area (Å²) in [6, 6.07) is 16.1. The number of imide groups is 1. The Kier molecular flexibility index (Phi) is 4.38. The molecule has 3 fully saturated rings. The van der Waals surface area contributed by atoms with E-state index in [1.165, 1.54) is 27.4 Å². The van der Waals surface area contributed by atoms with Crippen molar-refractivity contribution in [3.63, 3.8) is 0 Å². The lowest BCUT2D eigenvalue weighted by Gasteiger charge is -2.43. The van der Waals surface area contributed by atoms with Crippen LogP contribution in [0.2, 0.25) is 0 Å². The van der Waals surface area contributed by atoms with Crippen LogP contribution in [0.1, 0.15) is 33.9 Å². The van der Waals surface area contributed by atoms with Gasteiger partial charge < -0.3 is 4.98 Å². The summed E-state index contributed by atoms with van der Waals surface area (Å²) in [6.07, 6.45) is 0.915. The van der Waals surface area contributed by atoms with Gasteiger partial charge in [-0.2, -0.15) is 0 Å². The molecule has 2 bridgehead atoms. The third kappa shape index (κ3) is 2.65. The largest absolute Gasteiger partial charge is 0.307 e.